The molecule has 3 aromatic rings. The number of hydrazine groups is 1. The standard InChI is InChI=1S/C28H30FN3O5/c1-3-35-24-12-10-23(11-13-24)32-17-20(15-27(32)33)28(34)31-30-22-9-14-25(26(16-22)36-4-2)37-18-19-5-7-21(29)8-6-19/h5-14,16,20,30H,3-4,15,17-18H2,1-2H3,(H,31,34)/t20-/m1/s1. The smallest absolute Gasteiger partial charge is 0.243 e. The Morgan fingerprint density at radius 3 is 2.38 bits per heavy atom. The molecule has 0 radical (unpaired) electrons. The van der Waals surface area contributed by atoms with Crippen LogP contribution in [0.5, 0.6) is 17.2 Å². The van der Waals surface area contributed by atoms with Crippen LogP contribution in [0.25, 0.3) is 0 Å². The van der Waals surface area contributed by atoms with E-state index in [-0.39, 0.29) is 30.7 Å². The number of nitrogens with one attached hydrogen (secondary N) is 2. The van der Waals surface area contributed by atoms with Gasteiger partial charge < -0.3 is 19.1 Å². The Labute approximate surface area is 215 Å². The molecule has 1 heterocycles. The fraction of sp³-hybridized carbons (Fsp3) is 0.286. The summed E-state index contributed by atoms with van der Waals surface area (Å²) in [5, 5.41) is 0. The maximum Gasteiger partial charge on any atom is 0.243 e. The van der Waals surface area contributed by atoms with Gasteiger partial charge in [-0.2, -0.15) is 0 Å². The van der Waals surface area contributed by atoms with Crippen LogP contribution in [0.2, 0.25) is 0 Å². The topological polar surface area (TPSA) is 89.1 Å². The summed E-state index contributed by atoms with van der Waals surface area (Å²) in [6.07, 6.45) is 0.126. The van der Waals surface area contributed by atoms with Crippen molar-refractivity contribution in [3.05, 3.63) is 78.1 Å². The van der Waals surface area contributed by atoms with Gasteiger partial charge in [0, 0.05) is 24.7 Å². The number of anilines is 2. The highest BCUT2D eigenvalue weighted by atomic mass is 19.1. The van der Waals surface area contributed by atoms with Crippen LogP contribution in [0, 0.1) is 11.7 Å². The second-order valence-corrected chi connectivity index (χ2v) is 8.46. The number of halogens is 1. The van der Waals surface area contributed by atoms with Crippen LogP contribution in [0.3, 0.4) is 0 Å². The highest BCUT2D eigenvalue weighted by Gasteiger charge is 2.35. The summed E-state index contributed by atoms with van der Waals surface area (Å²) in [6.45, 7) is 5.30. The van der Waals surface area contributed by atoms with Crippen molar-refractivity contribution in [2.75, 3.05) is 30.1 Å². The normalized spacial score (nSPS) is 14.8. The van der Waals surface area contributed by atoms with Gasteiger partial charge in [0.2, 0.25) is 11.8 Å². The average Bonchev–Trinajstić information content (AvgIpc) is 3.30. The lowest BCUT2D eigenvalue weighted by Gasteiger charge is -2.18. The van der Waals surface area contributed by atoms with Crippen LogP contribution in [-0.2, 0) is 16.2 Å². The maximum atomic E-state index is 13.1. The number of nitrogens with zero attached hydrogens (tertiary/aromatic N) is 1. The van der Waals surface area contributed by atoms with Crippen LogP contribution >= 0.6 is 0 Å². The molecule has 3 aromatic carbocycles. The number of amides is 2. The van der Waals surface area contributed by atoms with E-state index in [4.69, 9.17) is 14.2 Å². The fourth-order valence-electron chi connectivity index (χ4n) is 3.97. The van der Waals surface area contributed by atoms with E-state index < -0.39 is 5.92 Å². The molecular formula is C28H30FN3O5. The van der Waals surface area contributed by atoms with Crippen LogP contribution < -0.4 is 30.0 Å². The Morgan fingerprint density at radius 2 is 1.68 bits per heavy atom. The number of carbonyl (C=O) groups excluding carboxylic acids is 2. The van der Waals surface area contributed by atoms with Crippen molar-refractivity contribution in [1.82, 2.24) is 5.43 Å². The van der Waals surface area contributed by atoms with E-state index in [1.807, 2.05) is 38.1 Å². The third kappa shape index (κ3) is 6.69. The first-order chi connectivity index (χ1) is 18.0. The van der Waals surface area contributed by atoms with Crippen molar-refractivity contribution in [2.45, 2.75) is 26.9 Å². The van der Waals surface area contributed by atoms with Crippen molar-refractivity contribution in [1.29, 1.82) is 0 Å². The van der Waals surface area contributed by atoms with E-state index in [9.17, 15) is 14.0 Å². The first-order valence-electron chi connectivity index (χ1n) is 12.2. The summed E-state index contributed by atoms with van der Waals surface area (Å²) in [6, 6.07) is 18.5. The number of rotatable bonds is 11. The molecule has 194 valence electrons. The minimum Gasteiger partial charge on any atom is -0.494 e. The molecule has 0 aromatic heterocycles. The van der Waals surface area contributed by atoms with Gasteiger partial charge in [0.1, 0.15) is 18.2 Å². The summed E-state index contributed by atoms with van der Waals surface area (Å²) >= 11 is 0. The highest BCUT2D eigenvalue weighted by molar-refractivity contribution is 6.00. The van der Waals surface area contributed by atoms with Crippen molar-refractivity contribution in [3.63, 3.8) is 0 Å². The number of ether oxygens (including phenoxy) is 3. The number of hydrogen-bond acceptors (Lipinski definition) is 6. The molecule has 2 N–H and O–H groups in total. The van der Waals surface area contributed by atoms with Gasteiger partial charge >= 0.3 is 0 Å². The Balaban J connectivity index is 1.33. The molecule has 0 saturated carbocycles. The van der Waals surface area contributed by atoms with Crippen LogP contribution in [0.4, 0.5) is 15.8 Å². The number of carbonyl (C=O) groups is 2. The summed E-state index contributed by atoms with van der Waals surface area (Å²) < 4.78 is 30.1. The minimum atomic E-state index is -0.490. The summed E-state index contributed by atoms with van der Waals surface area (Å²) in [5.74, 6) is 0.576. The molecule has 4 rings (SSSR count). The van der Waals surface area contributed by atoms with E-state index in [1.54, 1.807) is 35.2 Å². The van der Waals surface area contributed by atoms with E-state index in [1.165, 1.54) is 12.1 Å². The maximum absolute atomic E-state index is 13.1. The fourth-order valence-corrected chi connectivity index (χ4v) is 3.97. The Hall–Kier alpha value is -4.27. The summed E-state index contributed by atoms with van der Waals surface area (Å²) in [4.78, 5) is 27.0. The van der Waals surface area contributed by atoms with E-state index in [0.717, 1.165) is 17.0 Å². The quantitative estimate of drug-likeness (QED) is 0.366. The lowest BCUT2D eigenvalue weighted by molar-refractivity contribution is -0.125. The third-order valence-corrected chi connectivity index (χ3v) is 5.84. The monoisotopic (exact) mass is 507 g/mol. The van der Waals surface area contributed by atoms with E-state index in [2.05, 4.69) is 10.9 Å². The van der Waals surface area contributed by atoms with Gasteiger partial charge in [-0.05, 0) is 67.9 Å². The van der Waals surface area contributed by atoms with Gasteiger partial charge in [-0.3, -0.25) is 20.4 Å². The third-order valence-electron chi connectivity index (χ3n) is 5.84. The van der Waals surface area contributed by atoms with Crippen LogP contribution in [0.1, 0.15) is 25.8 Å². The Morgan fingerprint density at radius 1 is 0.946 bits per heavy atom. The minimum absolute atomic E-state index is 0.106. The van der Waals surface area contributed by atoms with Gasteiger partial charge in [-0.25, -0.2) is 4.39 Å². The van der Waals surface area contributed by atoms with E-state index in [0.29, 0.717) is 36.9 Å². The molecule has 0 bridgehead atoms. The van der Waals surface area contributed by atoms with Gasteiger partial charge in [0.05, 0.1) is 24.8 Å². The molecule has 8 nitrogen and oxygen atoms in total. The predicted octanol–water partition coefficient (Wildman–Crippen LogP) is 4.70. The van der Waals surface area contributed by atoms with Crippen molar-refractivity contribution in [2.24, 2.45) is 5.92 Å². The molecule has 0 spiro atoms. The zero-order chi connectivity index (χ0) is 26.2. The van der Waals surface area contributed by atoms with E-state index >= 15 is 0 Å². The van der Waals surface area contributed by atoms with Crippen molar-refractivity contribution in [3.8, 4) is 17.2 Å². The predicted molar refractivity (Wildman–Crippen MR) is 138 cm³/mol. The lowest BCUT2D eigenvalue weighted by Crippen LogP contribution is -2.36. The Bertz CT molecular complexity index is 1220. The zero-order valence-corrected chi connectivity index (χ0v) is 20.8. The average molecular weight is 508 g/mol. The first-order valence-corrected chi connectivity index (χ1v) is 12.2. The zero-order valence-electron chi connectivity index (χ0n) is 20.8. The molecule has 37 heavy (non-hydrogen) atoms. The molecule has 0 unspecified atom stereocenters. The molecule has 1 aliphatic rings. The molecule has 2 amide bonds. The number of benzene rings is 3. The van der Waals surface area contributed by atoms with Gasteiger partial charge in [0.25, 0.3) is 0 Å². The second-order valence-electron chi connectivity index (χ2n) is 8.46. The molecule has 0 aliphatic carbocycles. The van der Waals surface area contributed by atoms with Crippen LogP contribution in [-0.4, -0.2) is 31.6 Å². The summed E-state index contributed by atoms with van der Waals surface area (Å²) in [5.41, 5.74) is 7.74. The second kappa shape index (κ2) is 12.1. The summed E-state index contributed by atoms with van der Waals surface area (Å²) in [7, 11) is 0. The highest BCUT2D eigenvalue weighted by Crippen LogP contribution is 2.31. The van der Waals surface area contributed by atoms with Gasteiger partial charge in [-0.1, -0.05) is 12.1 Å². The van der Waals surface area contributed by atoms with Crippen molar-refractivity contribution >= 4 is 23.2 Å². The molecule has 1 saturated heterocycles. The van der Waals surface area contributed by atoms with Crippen molar-refractivity contribution < 1.29 is 28.2 Å². The molecule has 1 fully saturated rings. The first kappa shape index (κ1) is 25.8. The number of hydrogen-bond donors (Lipinski definition) is 2. The molecule has 1 atom stereocenters. The van der Waals surface area contributed by atoms with Crippen LogP contribution in [0.15, 0.2) is 66.7 Å². The SMILES string of the molecule is CCOc1ccc(N2C[C@H](C(=O)NNc3ccc(OCc4ccc(F)cc4)c(OCC)c3)CC2=O)cc1. The van der Waals surface area contributed by atoms with Gasteiger partial charge in [0.15, 0.2) is 11.5 Å². The molecular weight excluding hydrogens is 477 g/mol. The Kier molecular flexibility index (Phi) is 8.45. The largest absolute Gasteiger partial charge is 0.494 e. The lowest BCUT2D eigenvalue weighted by atomic mass is 10.1. The van der Waals surface area contributed by atoms with Gasteiger partial charge in [-0.15, -0.1) is 0 Å². The molecule has 9 heteroatoms. The molecule has 1 aliphatic heterocycles.